The topological polar surface area (TPSA) is 35.9 Å². The summed E-state index contributed by atoms with van der Waals surface area (Å²) in [6.07, 6.45) is 3.11. The molecule has 0 fully saturated rings. The van der Waals surface area contributed by atoms with Gasteiger partial charge in [-0.2, -0.15) is 0 Å². The van der Waals surface area contributed by atoms with Gasteiger partial charge in [0.05, 0.1) is 0 Å². The van der Waals surface area contributed by atoms with Crippen molar-refractivity contribution in [2.24, 2.45) is 11.3 Å². The van der Waals surface area contributed by atoms with Crippen LogP contribution in [0.5, 0.6) is 0 Å². The minimum Gasteiger partial charge on any atom is -0.311 e. The Labute approximate surface area is 137 Å². The standard InChI is InChI=1S/C20H34N2/c1-15(2)12-20(5,6)13-19(21)14-22-10-9-18-11-16(3)7-8-17(18)4/h7-8,11,15,21-22H,9-10,12-14H2,1-6H3. The fraction of sp³-hybridized carbons (Fsp3) is 0.650. The van der Waals surface area contributed by atoms with Crippen molar-refractivity contribution in [1.29, 1.82) is 5.41 Å². The highest BCUT2D eigenvalue weighted by Gasteiger charge is 2.21. The van der Waals surface area contributed by atoms with E-state index >= 15 is 0 Å². The molecule has 0 aliphatic rings. The Morgan fingerprint density at radius 1 is 1.23 bits per heavy atom. The number of nitrogens with one attached hydrogen (secondary N) is 2. The van der Waals surface area contributed by atoms with Gasteiger partial charge in [-0.25, -0.2) is 0 Å². The zero-order valence-corrected chi connectivity index (χ0v) is 15.3. The van der Waals surface area contributed by atoms with Gasteiger partial charge in [-0.05, 0) is 62.1 Å². The van der Waals surface area contributed by atoms with E-state index in [1.54, 1.807) is 0 Å². The van der Waals surface area contributed by atoms with E-state index in [1.165, 1.54) is 23.1 Å². The van der Waals surface area contributed by atoms with Crippen LogP contribution in [0.3, 0.4) is 0 Å². The number of rotatable bonds is 9. The Morgan fingerprint density at radius 3 is 2.55 bits per heavy atom. The molecule has 0 heterocycles. The molecule has 0 aliphatic heterocycles. The molecule has 2 nitrogen and oxygen atoms in total. The molecule has 0 saturated carbocycles. The van der Waals surface area contributed by atoms with E-state index < -0.39 is 0 Å². The van der Waals surface area contributed by atoms with Gasteiger partial charge in [0.15, 0.2) is 0 Å². The van der Waals surface area contributed by atoms with Crippen molar-refractivity contribution < 1.29 is 0 Å². The smallest absolute Gasteiger partial charge is 0.0333 e. The predicted molar refractivity (Wildman–Crippen MR) is 98.1 cm³/mol. The SMILES string of the molecule is Cc1ccc(C)c(CCNCC(=N)CC(C)(C)CC(C)C)c1. The zero-order valence-electron chi connectivity index (χ0n) is 15.3. The van der Waals surface area contributed by atoms with E-state index in [0.717, 1.165) is 25.1 Å². The molecule has 0 radical (unpaired) electrons. The van der Waals surface area contributed by atoms with Crippen LogP contribution in [0.25, 0.3) is 0 Å². The molecule has 0 saturated heterocycles. The van der Waals surface area contributed by atoms with E-state index in [4.69, 9.17) is 5.41 Å². The summed E-state index contributed by atoms with van der Waals surface area (Å²) in [4.78, 5) is 0. The Balaban J connectivity index is 2.32. The summed E-state index contributed by atoms with van der Waals surface area (Å²) in [7, 11) is 0. The van der Waals surface area contributed by atoms with Crippen LogP contribution >= 0.6 is 0 Å². The second kappa shape index (κ2) is 8.47. The van der Waals surface area contributed by atoms with Crippen LogP contribution in [0, 0.1) is 30.6 Å². The van der Waals surface area contributed by atoms with Crippen molar-refractivity contribution in [2.45, 2.75) is 60.8 Å². The lowest BCUT2D eigenvalue weighted by molar-refractivity contribution is 0.297. The van der Waals surface area contributed by atoms with Crippen molar-refractivity contribution in [3.05, 3.63) is 34.9 Å². The second-order valence-electron chi connectivity index (χ2n) is 7.90. The highest BCUT2D eigenvalue weighted by atomic mass is 14.9. The van der Waals surface area contributed by atoms with E-state index in [2.05, 4.69) is 65.1 Å². The summed E-state index contributed by atoms with van der Waals surface area (Å²) in [6, 6.07) is 6.63. The molecule has 0 aliphatic carbocycles. The maximum atomic E-state index is 8.19. The summed E-state index contributed by atoms with van der Waals surface area (Å²) in [5.41, 5.74) is 5.16. The molecule has 0 atom stereocenters. The van der Waals surface area contributed by atoms with Gasteiger partial charge >= 0.3 is 0 Å². The van der Waals surface area contributed by atoms with Crippen molar-refractivity contribution in [1.82, 2.24) is 5.32 Å². The summed E-state index contributed by atoms with van der Waals surface area (Å²) >= 11 is 0. The third-order valence-corrected chi connectivity index (χ3v) is 4.07. The monoisotopic (exact) mass is 302 g/mol. The van der Waals surface area contributed by atoms with Crippen molar-refractivity contribution >= 4 is 5.71 Å². The number of hydrogen-bond acceptors (Lipinski definition) is 2. The molecule has 2 heteroatoms. The normalized spacial score (nSPS) is 12.0. The first-order valence-electron chi connectivity index (χ1n) is 8.53. The molecule has 1 aromatic rings. The van der Waals surface area contributed by atoms with Gasteiger partial charge in [0.25, 0.3) is 0 Å². The Bertz CT molecular complexity index is 486. The molecule has 124 valence electrons. The first kappa shape index (κ1) is 18.9. The van der Waals surface area contributed by atoms with Crippen molar-refractivity contribution in [2.75, 3.05) is 13.1 Å². The number of benzene rings is 1. The van der Waals surface area contributed by atoms with Crippen LogP contribution < -0.4 is 5.32 Å². The Hall–Kier alpha value is -1.15. The predicted octanol–water partition coefficient (Wildman–Crippen LogP) is 4.92. The molecule has 1 rings (SSSR count). The van der Waals surface area contributed by atoms with Crippen LogP contribution in [-0.2, 0) is 6.42 Å². The lowest BCUT2D eigenvalue weighted by Crippen LogP contribution is -2.29. The summed E-state index contributed by atoms with van der Waals surface area (Å²) < 4.78 is 0. The molecule has 1 aromatic carbocycles. The Kier molecular flexibility index (Phi) is 7.28. The molecule has 22 heavy (non-hydrogen) atoms. The molecular formula is C20H34N2. The molecule has 0 spiro atoms. The van der Waals surface area contributed by atoms with Crippen molar-refractivity contribution in [3.8, 4) is 0 Å². The molecular weight excluding hydrogens is 268 g/mol. The highest BCUT2D eigenvalue weighted by Crippen LogP contribution is 2.29. The third-order valence-electron chi connectivity index (χ3n) is 4.07. The first-order chi connectivity index (χ1) is 10.2. The van der Waals surface area contributed by atoms with Crippen LogP contribution in [0.15, 0.2) is 18.2 Å². The van der Waals surface area contributed by atoms with Crippen LogP contribution in [-0.4, -0.2) is 18.8 Å². The Morgan fingerprint density at radius 2 is 1.91 bits per heavy atom. The lowest BCUT2D eigenvalue weighted by Gasteiger charge is -2.27. The van der Waals surface area contributed by atoms with E-state index in [1.807, 2.05) is 0 Å². The average Bonchev–Trinajstić information content (AvgIpc) is 2.36. The number of aryl methyl sites for hydroxylation is 2. The third kappa shape index (κ3) is 7.22. The molecule has 0 unspecified atom stereocenters. The zero-order chi connectivity index (χ0) is 16.8. The van der Waals surface area contributed by atoms with E-state index in [0.29, 0.717) is 12.5 Å². The second-order valence-corrected chi connectivity index (χ2v) is 7.90. The maximum Gasteiger partial charge on any atom is 0.0333 e. The van der Waals surface area contributed by atoms with Crippen molar-refractivity contribution in [3.63, 3.8) is 0 Å². The molecule has 0 aromatic heterocycles. The van der Waals surface area contributed by atoms with Gasteiger partial charge in [0.2, 0.25) is 0 Å². The van der Waals surface area contributed by atoms with Gasteiger partial charge < -0.3 is 10.7 Å². The van der Waals surface area contributed by atoms with Crippen LogP contribution in [0.4, 0.5) is 0 Å². The molecule has 0 bridgehead atoms. The first-order valence-corrected chi connectivity index (χ1v) is 8.53. The molecule has 0 amide bonds. The van der Waals surface area contributed by atoms with E-state index in [-0.39, 0.29) is 5.41 Å². The average molecular weight is 303 g/mol. The fourth-order valence-electron chi connectivity index (χ4n) is 3.35. The van der Waals surface area contributed by atoms with E-state index in [9.17, 15) is 0 Å². The van der Waals surface area contributed by atoms with Gasteiger partial charge in [0, 0.05) is 12.3 Å². The largest absolute Gasteiger partial charge is 0.311 e. The quantitative estimate of drug-likeness (QED) is 0.493. The number of hydrogen-bond donors (Lipinski definition) is 2. The van der Waals surface area contributed by atoms with Gasteiger partial charge in [0.1, 0.15) is 0 Å². The maximum absolute atomic E-state index is 8.19. The highest BCUT2D eigenvalue weighted by molar-refractivity contribution is 5.83. The molecule has 2 N–H and O–H groups in total. The van der Waals surface area contributed by atoms with Gasteiger partial charge in [-0.1, -0.05) is 51.5 Å². The fourth-order valence-corrected chi connectivity index (χ4v) is 3.35. The van der Waals surface area contributed by atoms with Crippen LogP contribution in [0.1, 0.15) is 57.2 Å². The van der Waals surface area contributed by atoms with Gasteiger partial charge in [-0.3, -0.25) is 0 Å². The van der Waals surface area contributed by atoms with Gasteiger partial charge in [-0.15, -0.1) is 0 Å². The lowest BCUT2D eigenvalue weighted by atomic mass is 9.79. The van der Waals surface area contributed by atoms with Crippen LogP contribution in [0.2, 0.25) is 0 Å². The summed E-state index contributed by atoms with van der Waals surface area (Å²) in [5.74, 6) is 0.694. The minimum absolute atomic E-state index is 0.236. The summed E-state index contributed by atoms with van der Waals surface area (Å²) in [6.45, 7) is 15.0. The summed E-state index contributed by atoms with van der Waals surface area (Å²) in [5, 5.41) is 11.6. The minimum atomic E-state index is 0.236.